The molecule has 4 aromatic rings. The number of anilines is 3. The van der Waals surface area contributed by atoms with E-state index in [1.165, 1.54) is 0 Å². The molecule has 36 heavy (non-hydrogen) atoms. The Kier molecular flexibility index (Phi) is 5.38. The van der Waals surface area contributed by atoms with Crippen molar-refractivity contribution < 1.29 is 14.3 Å². The van der Waals surface area contributed by atoms with Gasteiger partial charge in [0.05, 0.1) is 16.3 Å². The van der Waals surface area contributed by atoms with Crippen LogP contribution in [0.4, 0.5) is 17.1 Å². The lowest BCUT2D eigenvalue weighted by Gasteiger charge is -2.36. The van der Waals surface area contributed by atoms with Gasteiger partial charge in [-0.25, -0.2) is 4.79 Å². The van der Waals surface area contributed by atoms with Crippen LogP contribution in [0.25, 0.3) is 0 Å². The molecule has 0 fully saturated rings. The van der Waals surface area contributed by atoms with E-state index in [1.807, 2.05) is 78.9 Å². The number of nitrogens with zero attached hydrogens (tertiary/aromatic N) is 1. The number of benzene rings is 4. The summed E-state index contributed by atoms with van der Waals surface area (Å²) in [6.45, 7) is 6.07. The topological polar surface area (TPSA) is 50.8 Å². The second-order valence-corrected chi connectivity index (χ2v) is 9.29. The maximum absolute atomic E-state index is 13.0. The van der Waals surface area contributed by atoms with Crippen LogP contribution in [-0.2, 0) is 10.3 Å². The molecule has 0 saturated carbocycles. The van der Waals surface area contributed by atoms with Crippen LogP contribution in [0.3, 0.4) is 0 Å². The van der Waals surface area contributed by atoms with Crippen molar-refractivity contribution in [2.24, 2.45) is 0 Å². The first-order valence-electron chi connectivity index (χ1n) is 12.1. The molecule has 2 aliphatic rings. The maximum Gasteiger partial charge on any atom is 0.340 e. The number of hydrogen-bond donors (Lipinski definition) is 1. The minimum absolute atomic E-state index is 0.346. The minimum Gasteiger partial charge on any atom is -0.456 e. The molecule has 0 aromatic heterocycles. The Bertz CT molecular complexity index is 1500. The van der Waals surface area contributed by atoms with E-state index in [0.717, 1.165) is 46.8 Å². The van der Waals surface area contributed by atoms with Crippen LogP contribution in [0.15, 0.2) is 84.9 Å². The van der Waals surface area contributed by atoms with Gasteiger partial charge >= 0.3 is 5.97 Å². The number of rotatable bonds is 5. The van der Waals surface area contributed by atoms with Gasteiger partial charge < -0.3 is 19.7 Å². The summed E-state index contributed by atoms with van der Waals surface area (Å²) in [5, 5.41) is 4.10. The Labute approximate surface area is 215 Å². The predicted molar refractivity (Wildman–Crippen MR) is 143 cm³/mol. The lowest BCUT2D eigenvalue weighted by Crippen LogP contribution is -2.33. The maximum atomic E-state index is 13.0. The van der Waals surface area contributed by atoms with E-state index in [0.29, 0.717) is 22.1 Å². The highest BCUT2D eigenvalue weighted by Gasteiger charge is 2.53. The van der Waals surface area contributed by atoms with Gasteiger partial charge in [0.25, 0.3) is 0 Å². The number of hydrogen-bond acceptors (Lipinski definition) is 5. The summed E-state index contributed by atoms with van der Waals surface area (Å²) in [7, 11) is 0. The molecule has 1 N–H and O–H groups in total. The van der Waals surface area contributed by atoms with Crippen molar-refractivity contribution in [3.63, 3.8) is 0 Å². The van der Waals surface area contributed by atoms with E-state index in [9.17, 15) is 4.79 Å². The monoisotopic (exact) mass is 496 g/mol. The second-order valence-electron chi connectivity index (χ2n) is 8.89. The van der Waals surface area contributed by atoms with Crippen LogP contribution in [0.1, 0.15) is 40.9 Å². The average Bonchev–Trinajstić information content (AvgIpc) is 3.20. The number of fused-ring (bicyclic) bond motifs is 6. The van der Waals surface area contributed by atoms with E-state index < -0.39 is 5.60 Å². The van der Waals surface area contributed by atoms with Crippen LogP contribution < -0.4 is 15.0 Å². The SMILES string of the molecule is CCN(CC)c1ccc(Cl)c(Nc2ccc3c(c2)C2(OC(=O)c4ccccc42)c2ccccc2O3)c1. The molecule has 4 aromatic carbocycles. The van der Waals surface area contributed by atoms with Crippen LogP contribution in [0.5, 0.6) is 11.5 Å². The fourth-order valence-corrected chi connectivity index (χ4v) is 5.41. The summed E-state index contributed by atoms with van der Waals surface area (Å²) in [6.07, 6.45) is 0. The molecule has 1 spiro atoms. The van der Waals surface area contributed by atoms with Gasteiger partial charge in [-0.15, -0.1) is 0 Å². The minimum atomic E-state index is -1.09. The zero-order valence-corrected chi connectivity index (χ0v) is 20.8. The highest BCUT2D eigenvalue weighted by Crippen LogP contribution is 2.56. The van der Waals surface area contributed by atoms with E-state index in [1.54, 1.807) is 0 Å². The Balaban J connectivity index is 1.49. The summed E-state index contributed by atoms with van der Waals surface area (Å²) in [6, 6.07) is 27.1. The summed E-state index contributed by atoms with van der Waals surface area (Å²) in [5.41, 5.74) is 4.56. The standard InChI is InChI=1S/C30H25ClN2O3/c1-3-33(4-2)20-14-15-25(31)26(18-20)32-19-13-16-28-24(17-19)30(23-11-7-8-12-27(23)35-28)22-10-6-5-9-21(22)29(34)36-30/h5-18,32H,3-4H2,1-2H3. The van der Waals surface area contributed by atoms with Crippen molar-refractivity contribution in [3.05, 3.63) is 112 Å². The number of ether oxygens (including phenoxy) is 2. The fraction of sp³-hybridized carbons (Fsp3) is 0.167. The van der Waals surface area contributed by atoms with Crippen LogP contribution in [-0.4, -0.2) is 19.1 Å². The molecule has 0 saturated heterocycles. The molecule has 6 rings (SSSR count). The second kappa shape index (κ2) is 8.61. The van der Waals surface area contributed by atoms with Gasteiger partial charge in [-0.2, -0.15) is 0 Å². The summed E-state index contributed by atoms with van der Waals surface area (Å²) in [5.74, 6) is 0.971. The number of carbonyl (C=O) groups is 1. The Morgan fingerprint density at radius 1 is 0.833 bits per heavy atom. The van der Waals surface area contributed by atoms with Crippen molar-refractivity contribution >= 4 is 34.6 Å². The van der Waals surface area contributed by atoms with Gasteiger partial charge in [0.1, 0.15) is 11.5 Å². The van der Waals surface area contributed by atoms with Crippen molar-refractivity contribution in [1.29, 1.82) is 0 Å². The molecule has 5 nitrogen and oxygen atoms in total. The van der Waals surface area contributed by atoms with Crippen LogP contribution >= 0.6 is 11.6 Å². The van der Waals surface area contributed by atoms with Crippen LogP contribution in [0, 0.1) is 0 Å². The van der Waals surface area contributed by atoms with Crippen molar-refractivity contribution in [2.75, 3.05) is 23.3 Å². The summed E-state index contributed by atoms with van der Waals surface area (Å²) in [4.78, 5) is 15.3. The Hall–Kier alpha value is -3.96. The molecule has 180 valence electrons. The quantitative estimate of drug-likeness (QED) is 0.290. The lowest BCUT2D eigenvalue weighted by molar-refractivity contribution is 0.0224. The third-order valence-corrected chi connectivity index (χ3v) is 7.30. The Morgan fingerprint density at radius 2 is 1.56 bits per heavy atom. The molecule has 0 amide bonds. The van der Waals surface area contributed by atoms with Crippen molar-refractivity contribution in [2.45, 2.75) is 19.4 Å². The summed E-state index contributed by atoms with van der Waals surface area (Å²) >= 11 is 6.58. The van der Waals surface area contributed by atoms with Gasteiger partial charge in [-0.3, -0.25) is 0 Å². The third-order valence-electron chi connectivity index (χ3n) is 6.97. The van der Waals surface area contributed by atoms with E-state index in [2.05, 4.69) is 30.1 Å². The number of esters is 1. The summed E-state index contributed by atoms with van der Waals surface area (Å²) < 4.78 is 12.5. The molecule has 0 bridgehead atoms. The van der Waals surface area contributed by atoms with Gasteiger partial charge in [0.2, 0.25) is 0 Å². The van der Waals surface area contributed by atoms with E-state index in [4.69, 9.17) is 21.1 Å². The zero-order valence-electron chi connectivity index (χ0n) is 20.0. The number of halogens is 1. The largest absolute Gasteiger partial charge is 0.456 e. The highest BCUT2D eigenvalue weighted by molar-refractivity contribution is 6.33. The fourth-order valence-electron chi connectivity index (χ4n) is 5.25. The van der Waals surface area contributed by atoms with Crippen LogP contribution in [0.2, 0.25) is 5.02 Å². The molecule has 0 aliphatic carbocycles. The van der Waals surface area contributed by atoms with Crippen molar-refractivity contribution in [3.8, 4) is 11.5 Å². The van der Waals surface area contributed by atoms with E-state index in [-0.39, 0.29) is 5.97 Å². The normalized spacial score (nSPS) is 17.0. The first-order chi connectivity index (χ1) is 17.5. The van der Waals surface area contributed by atoms with Gasteiger partial charge in [0, 0.05) is 41.2 Å². The smallest absolute Gasteiger partial charge is 0.340 e. The molecule has 2 aliphatic heterocycles. The number of para-hydroxylation sites is 1. The molecule has 6 heteroatoms. The predicted octanol–water partition coefficient (Wildman–Crippen LogP) is 7.50. The first kappa shape index (κ1) is 22.5. The zero-order chi connectivity index (χ0) is 24.9. The third kappa shape index (κ3) is 3.34. The lowest BCUT2D eigenvalue weighted by atomic mass is 9.77. The Morgan fingerprint density at radius 3 is 2.36 bits per heavy atom. The molecular formula is C30H25ClN2O3. The average molecular weight is 497 g/mol. The number of nitrogens with one attached hydrogen (secondary N) is 1. The molecule has 1 atom stereocenters. The van der Waals surface area contributed by atoms with Gasteiger partial charge in [-0.05, 0) is 62.4 Å². The van der Waals surface area contributed by atoms with Gasteiger partial charge in [-0.1, -0.05) is 48.0 Å². The van der Waals surface area contributed by atoms with Gasteiger partial charge in [0.15, 0.2) is 5.60 Å². The molecule has 1 unspecified atom stereocenters. The highest BCUT2D eigenvalue weighted by atomic mass is 35.5. The van der Waals surface area contributed by atoms with Crippen molar-refractivity contribution in [1.82, 2.24) is 0 Å². The molecule has 2 heterocycles. The molecule has 0 radical (unpaired) electrons. The number of carbonyl (C=O) groups excluding carboxylic acids is 1. The molecular weight excluding hydrogens is 472 g/mol. The first-order valence-corrected chi connectivity index (χ1v) is 12.5. The van der Waals surface area contributed by atoms with E-state index >= 15 is 0 Å².